The highest BCUT2D eigenvalue weighted by atomic mass is 16.6. The summed E-state index contributed by atoms with van der Waals surface area (Å²) >= 11 is 0. The third kappa shape index (κ3) is 4.04. The molecule has 0 unspecified atom stereocenters. The van der Waals surface area contributed by atoms with Gasteiger partial charge < -0.3 is 10.6 Å². The molecule has 19 heavy (non-hydrogen) atoms. The van der Waals surface area contributed by atoms with E-state index in [0.717, 1.165) is 38.6 Å². The lowest BCUT2D eigenvalue weighted by atomic mass is 10.2. The first kappa shape index (κ1) is 13.5. The van der Waals surface area contributed by atoms with E-state index < -0.39 is 4.92 Å². The van der Waals surface area contributed by atoms with Crippen LogP contribution in [0.5, 0.6) is 0 Å². The lowest BCUT2D eigenvalue weighted by Crippen LogP contribution is -2.11. The smallest absolute Gasteiger partial charge is 0.329 e. The van der Waals surface area contributed by atoms with Crippen LogP contribution >= 0.6 is 0 Å². The first-order valence-corrected chi connectivity index (χ1v) is 6.72. The van der Waals surface area contributed by atoms with E-state index in [-0.39, 0.29) is 5.69 Å². The number of nitrogens with zero attached hydrogens (tertiary/aromatic N) is 3. The van der Waals surface area contributed by atoms with Gasteiger partial charge in [-0.05, 0) is 19.3 Å². The van der Waals surface area contributed by atoms with Crippen molar-refractivity contribution in [2.45, 2.75) is 45.1 Å². The number of hydrogen-bond donors (Lipinski definition) is 2. The molecule has 0 aliphatic heterocycles. The second-order valence-corrected chi connectivity index (χ2v) is 4.74. The number of nitrogens with one attached hydrogen (secondary N) is 2. The summed E-state index contributed by atoms with van der Waals surface area (Å²) in [7, 11) is 0. The van der Waals surface area contributed by atoms with Crippen LogP contribution in [0.1, 0.15) is 39.0 Å². The van der Waals surface area contributed by atoms with Crippen molar-refractivity contribution in [2.75, 3.05) is 17.2 Å². The van der Waals surface area contributed by atoms with Gasteiger partial charge in [-0.2, -0.15) is 4.98 Å². The zero-order valence-corrected chi connectivity index (χ0v) is 11.1. The molecule has 0 saturated heterocycles. The minimum atomic E-state index is -0.453. The van der Waals surface area contributed by atoms with Crippen LogP contribution in [0.2, 0.25) is 0 Å². The van der Waals surface area contributed by atoms with Gasteiger partial charge >= 0.3 is 5.69 Å². The van der Waals surface area contributed by atoms with E-state index in [1.807, 2.05) is 0 Å². The third-order valence-corrected chi connectivity index (χ3v) is 2.95. The Labute approximate surface area is 112 Å². The largest absolute Gasteiger partial charge is 0.361 e. The molecule has 0 radical (unpaired) electrons. The van der Waals surface area contributed by atoms with Crippen LogP contribution in [0.15, 0.2) is 6.20 Å². The van der Waals surface area contributed by atoms with Crippen molar-refractivity contribution in [3.05, 3.63) is 16.3 Å². The second kappa shape index (κ2) is 6.31. The van der Waals surface area contributed by atoms with Crippen LogP contribution < -0.4 is 10.6 Å². The molecule has 1 heterocycles. The summed E-state index contributed by atoms with van der Waals surface area (Å²) in [5.41, 5.74) is -0.0639. The predicted molar refractivity (Wildman–Crippen MR) is 73.3 cm³/mol. The molecule has 1 aromatic rings. The molecule has 7 heteroatoms. The summed E-state index contributed by atoms with van der Waals surface area (Å²) in [6.45, 7) is 2.93. The Kier molecular flexibility index (Phi) is 4.48. The van der Waals surface area contributed by atoms with Crippen LogP contribution in [0.25, 0.3) is 0 Å². The van der Waals surface area contributed by atoms with Crippen LogP contribution in [0, 0.1) is 10.1 Å². The van der Waals surface area contributed by atoms with Crippen molar-refractivity contribution < 1.29 is 4.92 Å². The highest BCUT2D eigenvalue weighted by Gasteiger charge is 2.26. The van der Waals surface area contributed by atoms with Crippen molar-refractivity contribution >= 4 is 17.5 Å². The van der Waals surface area contributed by atoms with Crippen molar-refractivity contribution in [2.24, 2.45) is 0 Å². The quantitative estimate of drug-likeness (QED) is 0.426. The molecule has 1 fully saturated rings. The molecule has 7 nitrogen and oxygen atoms in total. The maximum atomic E-state index is 10.9. The summed E-state index contributed by atoms with van der Waals surface area (Å²) < 4.78 is 0. The van der Waals surface area contributed by atoms with E-state index >= 15 is 0 Å². The van der Waals surface area contributed by atoms with E-state index in [9.17, 15) is 10.1 Å². The third-order valence-electron chi connectivity index (χ3n) is 2.95. The maximum Gasteiger partial charge on any atom is 0.329 e. The van der Waals surface area contributed by atoms with Gasteiger partial charge in [0.05, 0.1) is 4.92 Å². The molecule has 0 bridgehead atoms. The molecule has 1 aliphatic rings. The van der Waals surface area contributed by atoms with Gasteiger partial charge in [0.25, 0.3) is 0 Å². The van der Waals surface area contributed by atoms with E-state index in [1.54, 1.807) is 0 Å². The molecule has 0 atom stereocenters. The molecule has 1 aromatic heterocycles. The molecule has 0 spiro atoms. The summed E-state index contributed by atoms with van der Waals surface area (Å²) in [5.74, 6) is 0.769. The first-order chi connectivity index (χ1) is 9.20. The Bertz CT molecular complexity index is 448. The molecular weight excluding hydrogens is 246 g/mol. The molecule has 2 rings (SSSR count). The van der Waals surface area contributed by atoms with Gasteiger partial charge in [0.15, 0.2) is 0 Å². The Hall–Kier alpha value is -1.92. The normalized spacial score (nSPS) is 14.2. The number of unbranched alkanes of at least 4 members (excludes halogenated alkanes) is 2. The number of anilines is 2. The van der Waals surface area contributed by atoms with Crippen molar-refractivity contribution in [3.63, 3.8) is 0 Å². The Morgan fingerprint density at radius 2 is 2.26 bits per heavy atom. The second-order valence-electron chi connectivity index (χ2n) is 4.74. The molecule has 1 saturated carbocycles. The topological polar surface area (TPSA) is 93.0 Å². The number of rotatable bonds is 8. The summed E-state index contributed by atoms with van der Waals surface area (Å²) in [4.78, 5) is 18.6. The number of nitro groups is 1. The fraction of sp³-hybridized carbons (Fsp3) is 0.667. The fourth-order valence-corrected chi connectivity index (χ4v) is 1.70. The molecule has 0 aromatic carbocycles. The SMILES string of the molecule is CCCCCNc1ncc([N+](=O)[O-])c(NC2CC2)n1. The average molecular weight is 265 g/mol. The zero-order valence-electron chi connectivity index (χ0n) is 11.1. The van der Waals surface area contributed by atoms with Gasteiger partial charge in [-0.1, -0.05) is 19.8 Å². The van der Waals surface area contributed by atoms with Crippen molar-refractivity contribution in [1.82, 2.24) is 9.97 Å². The lowest BCUT2D eigenvalue weighted by molar-refractivity contribution is -0.384. The maximum absolute atomic E-state index is 10.9. The summed E-state index contributed by atoms with van der Waals surface area (Å²) in [5, 5.41) is 17.1. The standard InChI is InChI=1S/C12H19N5O2/c1-2-3-4-7-13-12-14-8-10(17(18)19)11(16-12)15-9-5-6-9/h8-9H,2-7H2,1H3,(H2,13,14,15,16). The van der Waals surface area contributed by atoms with E-state index in [1.165, 1.54) is 6.20 Å². The van der Waals surface area contributed by atoms with Crippen molar-refractivity contribution in [1.29, 1.82) is 0 Å². The van der Waals surface area contributed by atoms with E-state index in [0.29, 0.717) is 17.8 Å². The summed E-state index contributed by atoms with van der Waals surface area (Å²) in [6.07, 6.45) is 6.69. The molecule has 2 N–H and O–H groups in total. The van der Waals surface area contributed by atoms with E-state index in [4.69, 9.17) is 0 Å². The Morgan fingerprint density at radius 1 is 1.47 bits per heavy atom. The first-order valence-electron chi connectivity index (χ1n) is 6.72. The highest BCUT2D eigenvalue weighted by Crippen LogP contribution is 2.29. The Morgan fingerprint density at radius 3 is 2.89 bits per heavy atom. The van der Waals surface area contributed by atoms with E-state index in [2.05, 4.69) is 27.5 Å². The minimum absolute atomic E-state index is 0.0639. The lowest BCUT2D eigenvalue weighted by Gasteiger charge is -2.08. The molecular formula is C12H19N5O2. The van der Waals surface area contributed by atoms with Crippen LogP contribution in [0.3, 0.4) is 0 Å². The highest BCUT2D eigenvalue weighted by molar-refractivity contribution is 5.57. The monoisotopic (exact) mass is 265 g/mol. The van der Waals surface area contributed by atoms with Gasteiger partial charge in [0.1, 0.15) is 6.20 Å². The zero-order chi connectivity index (χ0) is 13.7. The predicted octanol–water partition coefficient (Wildman–Crippen LogP) is 2.56. The minimum Gasteiger partial charge on any atom is -0.361 e. The number of aromatic nitrogens is 2. The molecule has 104 valence electrons. The van der Waals surface area contributed by atoms with Crippen LogP contribution in [0.4, 0.5) is 17.5 Å². The van der Waals surface area contributed by atoms with Gasteiger partial charge in [-0.15, -0.1) is 0 Å². The fourth-order valence-electron chi connectivity index (χ4n) is 1.70. The van der Waals surface area contributed by atoms with Crippen molar-refractivity contribution in [3.8, 4) is 0 Å². The van der Waals surface area contributed by atoms with Crippen LogP contribution in [-0.4, -0.2) is 27.5 Å². The van der Waals surface area contributed by atoms with Crippen LogP contribution in [-0.2, 0) is 0 Å². The number of hydrogen-bond acceptors (Lipinski definition) is 6. The van der Waals surface area contributed by atoms with Gasteiger partial charge in [0, 0.05) is 12.6 Å². The molecule has 0 amide bonds. The average Bonchev–Trinajstić information content (AvgIpc) is 3.18. The Balaban J connectivity index is 2.01. The van der Waals surface area contributed by atoms with Gasteiger partial charge in [-0.25, -0.2) is 4.98 Å². The van der Waals surface area contributed by atoms with Gasteiger partial charge in [0.2, 0.25) is 11.8 Å². The molecule has 1 aliphatic carbocycles. The van der Waals surface area contributed by atoms with Gasteiger partial charge in [-0.3, -0.25) is 10.1 Å². The summed E-state index contributed by atoms with van der Waals surface area (Å²) in [6, 6.07) is 0.321.